The molecule has 0 amide bonds. The van der Waals surface area contributed by atoms with Crippen molar-refractivity contribution in [2.75, 3.05) is 6.54 Å². The van der Waals surface area contributed by atoms with Crippen LogP contribution in [0.15, 0.2) is 36.5 Å². The summed E-state index contributed by atoms with van der Waals surface area (Å²) in [4.78, 5) is 4.29. The van der Waals surface area contributed by atoms with Crippen LogP contribution in [0.3, 0.4) is 0 Å². The van der Waals surface area contributed by atoms with Gasteiger partial charge in [-0.15, -0.1) is 0 Å². The number of fused-ring (bicyclic) bond motifs is 1. The molecule has 1 atom stereocenters. The molecule has 1 aliphatic rings. The van der Waals surface area contributed by atoms with E-state index < -0.39 is 0 Å². The minimum atomic E-state index is 0.530. The van der Waals surface area contributed by atoms with Crippen molar-refractivity contribution in [3.05, 3.63) is 53.3 Å². The highest BCUT2D eigenvalue weighted by Crippen LogP contribution is 2.37. The molecule has 1 aliphatic carbocycles. The Hall–Kier alpha value is -1.67. The fourth-order valence-electron chi connectivity index (χ4n) is 3.10. The van der Waals surface area contributed by atoms with Gasteiger partial charge >= 0.3 is 0 Å². The Bertz CT molecular complexity index is 590. The van der Waals surface area contributed by atoms with E-state index in [1.807, 2.05) is 13.1 Å². The van der Waals surface area contributed by atoms with E-state index in [1.165, 1.54) is 35.1 Å². The SMILES string of the molecule is CCNC1CCc2c(-c3ccnc(C)c3)cccc21. The third kappa shape index (κ3) is 2.28. The van der Waals surface area contributed by atoms with Gasteiger partial charge in [0.25, 0.3) is 0 Å². The van der Waals surface area contributed by atoms with Gasteiger partial charge in [-0.05, 0) is 60.7 Å². The van der Waals surface area contributed by atoms with Crippen molar-refractivity contribution in [3.63, 3.8) is 0 Å². The summed E-state index contributed by atoms with van der Waals surface area (Å²) in [6.07, 6.45) is 4.29. The average Bonchev–Trinajstić information content (AvgIpc) is 2.83. The fraction of sp³-hybridized carbons (Fsp3) is 0.353. The third-order valence-electron chi connectivity index (χ3n) is 3.93. The Morgan fingerprint density at radius 2 is 2.21 bits per heavy atom. The lowest BCUT2D eigenvalue weighted by Gasteiger charge is -2.14. The van der Waals surface area contributed by atoms with Gasteiger partial charge in [0.2, 0.25) is 0 Å². The molecule has 98 valence electrons. The van der Waals surface area contributed by atoms with E-state index >= 15 is 0 Å². The molecule has 2 aromatic rings. The van der Waals surface area contributed by atoms with Gasteiger partial charge in [-0.2, -0.15) is 0 Å². The zero-order chi connectivity index (χ0) is 13.2. The molecule has 0 radical (unpaired) electrons. The molecule has 0 aliphatic heterocycles. The first-order valence-corrected chi connectivity index (χ1v) is 7.07. The summed E-state index contributed by atoms with van der Waals surface area (Å²) in [7, 11) is 0. The normalized spacial score (nSPS) is 17.5. The number of nitrogens with zero attached hydrogens (tertiary/aromatic N) is 1. The van der Waals surface area contributed by atoms with Crippen molar-refractivity contribution in [2.45, 2.75) is 32.7 Å². The van der Waals surface area contributed by atoms with Crippen LogP contribution >= 0.6 is 0 Å². The molecular formula is C17H20N2. The van der Waals surface area contributed by atoms with E-state index in [-0.39, 0.29) is 0 Å². The van der Waals surface area contributed by atoms with E-state index in [2.05, 4.69) is 47.6 Å². The van der Waals surface area contributed by atoms with Crippen molar-refractivity contribution in [1.29, 1.82) is 0 Å². The van der Waals surface area contributed by atoms with Crippen LogP contribution in [0.1, 0.15) is 36.2 Å². The first kappa shape index (κ1) is 12.4. The van der Waals surface area contributed by atoms with Crippen LogP contribution in [-0.4, -0.2) is 11.5 Å². The minimum absolute atomic E-state index is 0.530. The molecule has 19 heavy (non-hydrogen) atoms. The van der Waals surface area contributed by atoms with Crippen molar-refractivity contribution >= 4 is 0 Å². The molecule has 1 aromatic heterocycles. The molecule has 1 N–H and O–H groups in total. The fourth-order valence-corrected chi connectivity index (χ4v) is 3.10. The van der Waals surface area contributed by atoms with Crippen molar-refractivity contribution in [1.82, 2.24) is 10.3 Å². The second-order valence-corrected chi connectivity index (χ2v) is 5.21. The number of benzene rings is 1. The maximum absolute atomic E-state index is 4.29. The largest absolute Gasteiger partial charge is 0.310 e. The number of aromatic nitrogens is 1. The van der Waals surface area contributed by atoms with Gasteiger partial charge in [-0.1, -0.05) is 25.1 Å². The van der Waals surface area contributed by atoms with Crippen LogP contribution in [0.2, 0.25) is 0 Å². The standard InChI is InChI=1S/C17H20N2/c1-3-18-17-8-7-15-14(5-4-6-16(15)17)13-9-10-19-12(2)11-13/h4-6,9-11,17-18H,3,7-8H2,1-2H3. The number of hydrogen-bond donors (Lipinski definition) is 1. The van der Waals surface area contributed by atoms with E-state index in [1.54, 1.807) is 0 Å². The molecule has 0 bridgehead atoms. The predicted octanol–water partition coefficient (Wildman–Crippen LogP) is 3.65. The molecule has 2 heteroatoms. The van der Waals surface area contributed by atoms with E-state index in [0.29, 0.717) is 6.04 Å². The number of hydrogen-bond acceptors (Lipinski definition) is 2. The highest BCUT2D eigenvalue weighted by molar-refractivity contribution is 5.70. The van der Waals surface area contributed by atoms with Gasteiger partial charge in [0.05, 0.1) is 0 Å². The summed E-state index contributed by atoms with van der Waals surface area (Å²) < 4.78 is 0. The minimum Gasteiger partial charge on any atom is -0.310 e. The number of pyridine rings is 1. The monoisotopic (exact) mass is 252 g/mol. The van der Waals surface area contributed by atoms with E-state index in [0.717, 1.165) is 12.2 Å². The van der Waals surface area contributed by atoms with Crippen LogP contribution in [0, 0.1) is 6.92 Å². The summed E-state index contributed by atoms with van der Waals surface area (Å²) in [5, 5.41) is 3.58. The van der Waals surface area contributed by atoms with Gasteiger partial charge in [0.15, 0.2) is 0 Å². The summed E-state index contributed by atoms with van der Waals surface area (Å²) in [5.41, 5.74) is 6.74. The smallest absolute Gasteiger partial charge is 0.0378 e. The Labute approximate surface area is 114 Å². The average molecular weight is 252 g/mol. The van der Waals surface area contributed by atoms with Crippen molar-refractivity contribution in [3.8, 4) is 11.1 Å². The third-order valence-corrected chi connectivity index (χ3v) is 3.93. The summed E-state index contributed by atoms with van der Waals surface area (Å²) in [5.74, 6) is 0. The van der Waals surface area contributed by atoms with Gasteiger partial charge in [-0.3, -0.25) is 4.98 Å². The van der Waals surface area contributed by atoms with Crippen LogP contribution in [0.25, 0.3) is 11.1 Å². The van der Waals surface area contributed by atoms with Crippen molar-refractivity contribution in [2.24, 2.45) is 0 Å². The Kier molecular flexibility index (Phi) is 3.34. The van der Waals surface area contributed by atoms with Gasteiger partial charge < -0.3 is 5.32 Å². The highest BCUT2D eigenvalue weighted by Gasteiger charge is 2.23. The van der Waals surface area contributed by atoms with Crippen LogP contribution in [0.4, 0.5) is 0 Å². The number of aryl methyl sites for hydroxylation is 1. The predicted molar refractivity (Wildman–Crippen MR) is 79.1 cm³/mol. The molecule has 1 heterocycles. The summed E-state index contributed by atoms with van der Waals surface area (Å²) in [6, 6.07) is 11.5. The van der Waals surface area contributed by atoms with E-state index in [4.69, 9.17) is 0 Å². The quantitative estimate of drug-likeness (QED) is 0.902. The van der Waals surface area contributed by atoms with E-state index in [9.17, 15) is 0 Å². The van der Waals surface area contributed by atoms with Gasteiger partial charge in [-0.25, -0.2) is 0 Å². The second kappa shape index (κ2) is 5.14. The first-order valence-electron chi connectivity index (χ1n) is 7.07. The maximum Gasteiger partial charge on any atom is 0.0378 e. The zero-order valence-corrected chi connectivity index (χ0v) is 11.6. The maximum atomic E-state index is 4.29. The highest BCUT2D eigenvalue weighted by atomic mass is 14.9. The number of nitrogens with one attached hydrogen (secondary N) is 1. The molecule has 1 aromatic carbocycles. The van der Waals surface area contributed by atoms with Crippen molar-refractivity contribution < 1.29 is 0 Å². The second-order valence-electron chi connectivity index (χ2n) is 5.21. The molecule has 3 rings (SSSR count). The molecule has 0 saturated heterocycles. The summed E-state index contributed by atoms with van der Waals surface area (Å²) >= 11 is 0. The lowest BCUT2D eigenvalue weighted by molar-refractivity contribution is 0.549. The first-order chi connectivity index (χ1) is 9.29. The van der Waals surface area contributed by atoms with Crippen LogP contribution in [-0.2, 0) is 6.42 Å². The molecule has 0 fully saturated rings. The topological polar surface area (TPSA) is 24.9 Å². The molecule has 2 nitrogen and oxygen atoms in total. The Morgan fingerprint density at radius 3 is 3.00 bits per heavy atom. The molecule has 0 spiro atoms. The Balaban J connectivity index is 2.05. The molecule has 1 unspecified atom stereocenters. The van der Waals surface area contributed by atoms with Crippen LogP contribution < -0.4 is 5.32 Å². The molecule has 0 saturated carbocycles. The summed E-state index contributed by atoms with van der Waals surface area (Å²) in [6.45, 7) is 5.25. The molecular weight excluding hydrogens is 232 g/mol. The lowest BCUT2D eigenvalue weighted by Crippen LogP contribution is -2.18. The Morgan fingerprint density at radius 1 is 1.32 bits per heavy atom. The lowest BCUT2D eigenvalue weighted by atomic mass is 9.96. The van der Waals surface area contributed by atoms with Gasteiger partial charge in [0, 0.05) is 17.9 Å². The van der Waals surface area contributed by atoms with Crippen LogP contribution in [0.5, 0.6) is 0 Å². The number of rotatable bonds is 3. The zero-order valence-electron chi connectivity index (χ0n) is 11.6. The van der Waals surface area contributed by atoms with Gasteiger partial charge in [0.1, 0.15) is 0 Å².